The third-order valence-electron chi connectivity index (χ3n) is 6.68. The molecule has 1 N–H and O–H groups in total. The number of hydrogen-bond donors (Lipinski definition) is 1. The number of anilines is 1. The predicted molar refractivity (Wildman–Crippen MR) is 150 cm³/mol. The minimum atomic E-state index is -0.300. The van der Waals surface area contributed by atoms with E-state index in [1.165, 1.54) is 0 Å². The lowest BCUT2D eigenvalue weighted by molar-refractivity contribution is -0.116. The average Bonchev–Trinajstić information content (AvgIpc) is 3.55. The van der Waals surface area contributed by atoms with Gasteiger partial charge in [0.25, 0.3) is 5.91 Å². The SMILES string of the molecule is CCCCN(CC(=O)Nc1c(-c2ccccc2)c(C)nn1-c1ccc(C)cc1)C(=O)c1ccc2c(c1)OCO2. The van der Waals surface area contributed by atoms with Gasteiger partial charge in [-0.3, -0.25) is 9.59 Å². The van der Waals surface area contributed by atoms with Gasteiger partial charge < -0.3 is 19.7 Å². The average molecular weight is 525 g/mol. The molecule has 2 amide bonds. The van der Waals surface area contributed by atoms with Gasteiger partial charge in [-0.2, -0.15) is 5.10 Å². The second kappa shape index (κ2) is 11.4. The number of aryl methyl sites for hydroxylation is 2. The lowest BCUT2D eigenvalue weighted by Gasteiger charge is -2.22. The van der Waals surface area contributed by atoms with E-state index < -0.39 is 0 Å². The van der Waals surface area contributed by atoms with Gasteiger partial charge in [0.1, 0.15) is 12.4 Å². The van der Waals surface area contributed by atoms with E-state index in [4.69, 9.17) is 14.6 Å². The van der Waals surface area contributed by atoms with Gasteiger partial charge in [-0.05, 0) is 56.2 Å². The Kier molecular flexibility index (Phi) is 7.63. The number of amides is 2. The zero-order chi connectivity index (χ0) is 27.4. The molecule has 0 fully saturated rings. The van der Waals surface area contributed by atoms with Crippen molar-refractivity contribution in [1.82, 2.24) is 14.7 Å². The molecule has 200 valence electrons. The van der Waals surface area contributed by atoms with Crippen LogP contribution in [0.2, 0.25) is 0 Å². The van der Waals surface area contributed by atoms with Crippen LogP contribution in [0.25, 0.3) is 16.8 Å². The quantitative estimate of drug-likeness (QED) is 0.301. The summed E-state index contributed by atoms with van der Waals surface area (Å²) in [5.41, 5.74) is 4.99. The molecule has 0 atom stereocenters. The van der Waals surface area contributed by atoms with E-state index in [9.17, 15) is 9.59 Å². The summed E-state index contributed by atoms with van der Waals surface area (Å²) in [7, 11) is 0. The van der Waals surface area contributed by atoms with Crippen LogP contribution in [0.4, 0.5) is 5.82 Å². The van der Waals surface area contributed by atoms with Crippen molar-refractivity contribution in [2.75, 3.05) is 25.2 Å². The third-order valence-corrected chi connectivity index (χ3v) is 6.68. The first-order valence-electron chi connectivity index (χ1n) is 13.2. The molecule has 4 aromatic rings. The number of fused-ring (bicyclic) bond motifs is 1. The van der Waals surface area contributed by atoms with E-state index >= 15 is 0 Å². The molecule has 0 radical (unpaired) electrons. The normalized spacial score (nSPS) is 11.9. The number of ether oxygens (including phenoxy) is 2. The Hall–Kier alpha value is -4.59. The van der Waals surface area contributed by atoms with Crippen molar-refractivity contribution < 1.29 is 19.1 Å². The number of benzene rings is 3. The highest BCUT2D eigenvalue weighted by Gasteiger charge is 2.24. The zero-order valence-electron chi connectivity index (χ0n) is 22.4. The van der Waals surface area contributed by atoms with Crippen LogP contribution in [0.1, 0.15) is 41.4 Å². The van der Waals surface area contributed by atoms with E-state index in [0.29, 0.717) is 29.4 Å². The van der Waals surface area contributed by atoms with E-state index in [1.54, 1.807) is 27.8 Å². The molecule has 2 heterocycles. The van der Waals surface area contributed by atoms with Gasteiger partial charge in [-0.1, -0.05) is 61.4 Å². The number of carbonyl (C=O) groups is 2. The van der Waals surface area contributed by atoms with Crippen molar-refractivity contribution >= 4 is 17.6 Å². The smallest absolute Gasteiger partial charge is 0.254 e. The number of aromatic nitrogens is 2. The van der Waals surface area contributed by atoms with Crippen LogP contribution in [0, 0.1) is 13.8 Å². The molecule has 0 bridgehead atoms. The Morgan fingerprint density at radius 3 is 2.46 bits per heavy atom. The molecule has 8 nitrogen and oxygen atoms in total. The van der Waals surface area contributed by atoms with E-state index in [0.717, 1.165) is 40.9 Å². The number of nitrogens with one attached hydrogen (secondary N) is 1. The van der Waals surface area contributed by atoms with Gasteiger partial charge in [0, 0.05) is 17.7 Å². The maximum absolute atomic E-state index is 13.5. The summed E-state index contributed by atoms with van der Waals surface area (Å²) >= 11 is 0. The van der Waals surface area contributed by atoms with Crippen molar-refractivity contribution in [2.24, 2.45) is 0 Å². The van der Waals surface area contributed by atoms with Crippen LogP contribution in [0.3, 0.4) is 0 Å². The van der Waals surface area contributed by atoms with Crippen molar-refractivity contribution in [3.63, 3.8) is 0 Å². The van der Waals surface area contributed by atoms with Gasteiger partial charge in [0.15, 0.2) is 11.5 Å². The maximum atomic E-state index is 13.5. The van der Waals surface area contributed by atoms with Crippen LogP contribution in [0.15, 0.2) is 72.8 Å². The molecular weight excluding hydrogens is 492 g/mol. The Morgan fingerprint density at radius 2 is 1.72 bits per heavy atom. The van der Waals surface area contributed by atoms with Crippen LogP contribution < -0.4 is 14.8 Å². The monoisotopic (exact) mass is 524 g/mol. The van der Waals surface area contributed by atoms with Gasteiger partial charge in [0.05, 0.1) is 11.4 Å². The molecular formula is C31H32N4O4. The maximum Gasteiger partial charge on any atom is 0.254 e. The fourth-order valence-corrected chi connectivity index (χ4v) is 4.62. The zero-order valence-corrected chi connectivity index (χ0v) is 22.4. The first kappa shape index (κ1) is 26.0. The minimum Gasteiger partial charge on any atom is -0.454 e. The largest absolute Gasteiger partial charge is 0.454 e. The van der Waals surface area contributed by atoms with E-state index in [2.05, 4.69) is 12.2 Å². The second-order valence-corrected chi connectivity index (χ2v) is 9.62. The van der Waals surface area contributed by atoms with Gasteiger partial charge >= 0.3 is 0 Å². The lowest BCUT2D eigenvalue weighted by atomic mass is 10.1. The Balaban J connectivity index is 1.45. The summed E-state index contributed by atoms with van der Waals surface area (Å²) in [6, 6.07) is 22.9. The van der Waals surface area contributed by atoms with Crippen LogP contribution in [-0.4, -0.2) is 46.4 Å². The number of hydrogen-bond acceptors (Lipinski definition) is 5. The molecule has 0 spiro atoms. The van der Waals surface area contributed by atoms with Crippen molar-refractivity contribution in [1.29, 1.82) is 0 Å². The summed E-state index contributed by atoms with van der Waals surface area (Å²) in [6.45, 7) is 6.50. The third kappa shape index (κ3) is 5.65. The first-order valence-corrected chi connectivity index (χ1v) is 13.2. The van der Waals surface area contributed by atoms with Gasteiger partial charge in [0.2, 0.25) is 12.7 Å². The second-order valence-electron chi connectivity index (χ2n) is 9.62. The predicted octanol–water partition coefficient (Wildman–Crippen LogP) is 5.77. The highest BCUT2D eigenvalue weighted by atomic mass is 16.7. The van der Waals surface area contributed by atoms with Crippen molar-refractivity contribution in [2.45, 2.75) is 33.6 Å². The summed E-state index contributed by atoms with van der Waals surface area (Å²) in [4.78, 5) is 28.6. The van der Waals surface area contributed by atoms with E-state index in [-0.39, 0.29) is 25.2 Å². The van der Waals surface area contributed by atoms with Gasteiger partial charge in [-0.15, -0.1) is 0 Å². The van der Waals surface area contributed by atoms with Crippen molar-refractivity contribution in [3.8, 4) is 28.3 Å². The number of rotatable bonds is 9. The summed E-state index contributed by atoms with van der Waals surface area (Å²) in [5.74, 6) is 1.18. The lowest BCUT2D eigenvalue weighted by Crippen LogP contribution is -2.39. The molecule has 39 heavy (non-hydrogen) atoms. The summed E-state index contributed by atoms with van der Waals surface area (Å²) < 4.78 is 12.6. The minimum absolute atomic E-state index is 0.0976. The highest BCUT2D eigenvalue weighted by Crippen LogP contribution is 2.34. The molecule has 1 aliphatic heterocycles. The summed E-state index contributed by atoms with van der Waals surface area (Å²) in [5, 5.41) is 7.87. The van der Waals surface area contributed by atoms with E-state index in [1.807, 2.05) is 68.4 Å². The number of carbonyl (C=O) groups excluding carboxylic acids is 2. The molecule has 1 aliphatic rings. The molecule has 0 saturated carbocycles. The van der Waals surface area contributed by atoms with Gasteiger partial charge in [-0.25, -0.2) is 4.68 Å². The fraction of sp³-hybridized carbons (Fsp3) is 0.258. The number of nitrogens with zero attached hydrogens (tertiary/aromatic N) is 3. The molecule has 5 rings (SSSR count). The number of unbranched alkanes of at least 4 members (excludes halogenated alkanes) is 1. The Morgan fingerprint density at radius 1 is 0.974 bits per heavy atom. The molecule has 0 saturated heterocycles. The standard InChI is InChI=1S/C31H32N4O4/c1-4-5-17-34(31(37)24-13-16-26-27(18-24)39-20-38-26)19-28(36)32-30-29(23-9-7-6-8-10-23)22(3)33-35(30)25-14-11-21(2)12-15-25/h6-16,18H,4-5,17,19-20H2,1-3H3,(H,32,36). The summed E-state index contributed by atoms with van der Waals surface area (Å²) in [6.07, 6.45) is 1.67. The first-order chi connectivity index (χ1) is 18.9. The molecule has 8 heteroatoms. The molecule has 1 aromatic heterocycles. The molecule has 3 aromatic carbocycles. The van der Waals surface area contributed by atoms with Crippen LogP contribution in [-0.2, 0) is 4.79 Å². The molecule has 0 unspecified atom stereocenters. The topological polar surface area (TPSA) is 85.7 Å². The highest BCUT2D eigenvalue weighted by molar-refractivity contribution is 6.01. The Labute approximate surface area is 228 Å². The molecule has 0 aliphatic carbocycles. The van der Waals surface area contributed by atoms with Crippen LogP contribution >= 0.6 is 0 Å². The fourth-order valence-electron chi connectivity index (χ4n) is 4.62. The Bertz CT molecular complexity index is 1480. The van der Waals surface area contributed by atoms with Crippen molar-refractivity contribution in [3.05, 3.63) is 89.6 Å². The van der Waals surface area contributed by atoms with Crippen LogP contribution in [0.5, 0.6) is 11.5 Å².